The minimum Gasteiger partial charge on any atom is -0.484 e. The van der Waals surface area contributed by atoms with Gasteiger partial charge in [0.2, 0.25) is 5.78 Å². The van der Waals surface area contributed by atoms with E-state index in [0.717, 1.165) is 5.56 Å². The van der Waals surface area contributed by atoms with Crippen molar-refractivity contribution in [2.45, 2.75) is 20.0 Å². The minimum atomic E-state index is -0.902. The molecule has 130 valence electrons. The zero-order valence-electron chi connectivity index (χ0n) is 14.0. The van der Waals surface area contributed by atoms with Crippen LogP contribution in [0.3, 0.4) is 0 Å². The summed E-state index contributed by atoms with van der Waals surface area (Å²) in [4.78, 5) is 35.1. The van der Waals surface area contributed by atoms with Crippen molar-refractivity contribution in [3.05, 3.63) is 65.2 Å². The number of rotatable bonds is 7. The van der Waals surface area contributed by atoms with Crippen LogP contribution in [0.4, 0.5) is 0 Å². The minimum absolute atomic E-state index is 0.244. The molecule has 6 heteroatoms. The molecule has 0 aromatic heterocycles. The predicted octanol–water partition coefficient (Wildman–Crippen LogP) is 2.29. The molecule has 0 unspecified atom stereocenters. The highest BCUT2D eigenvalue weighted by atomic mass is 16.5. The lowest BCUT2D eigenvalue weighted by Gasteiger charge is -2.13. The second-order valence-electron chi connectivity index (χ2n) is 5.56. The topological polar surface area (TPSA) is 95.7 Å². The number of hydrogen-bond acceptors (Lipinski definition) is 5. The van der Waals surface area contributed by atoms with Crippen LogP contribution < -0.4 is 10.5 Å². The van der Waals surface area contributed by atoms with Crippen LogP contribution in [0.25, 0.3) is 0 Å². The number of nitrogens with two attached hydrogens (primary N) is 1. The smallest absolute Gasteiger partial charge is 0.338 e. The van der Waals surface area contributed by atoms with E-state index in [2.05, 4.69) is 0 Å². The Morgan fingerprint density at radius 1 is 0.960 bits per heavy atom. The highest BCUT2D eigenvalue weighted by Gasteiger charge is 2.20. The molecule has 2 aromatic carbocycles. The maximum atomic E-state index is 12.3. The number of primary amides is 1. The van der Waals surface area contributed by atoms with Gasteiger partial charge in [-0.25, -0.2) is 4.79 Å². The van der Waals surface area contributed by atoms with Crippen LogP contribution in [0, 0.1) is 6.92 Å². The van der Waals surface area contributed by atoms with Gasteiger partial charge in [-0.1, -0.05) is 29.8 Å². The number of Topliss-reactive ketones (excluding diaryl/α,β-unsaturated/α-hetero) is 1. The van der Waals surface area contributed by atoms with Crippen molar-refractivity contribution in [1.82, 2.24) is 0 Å². The van der Waals surface area contributed by atoms with Gasteiger partial charge >= 0.3 is 5.97 Å². The lowest BCUT2D eigenvalue weighted by molar-refractivity contribution is -0.119. The molecule has 1 amide bonds. The summed E-state index contributed by atoms with van der Waals surface area (Å²) in [6.07, 6.45) is -0.902. The lowest BCUT2D eigenvalue weighted by Crippen LogP contribution is -2.24. The van der Waals surface area contributed by atoms with E-state index < -0.39 is 18.0 Å². The predicted molar refractivity (Wildman–Crippen MR) is 91.5 cm³/mol. The van der Waals surface area contributed by atoms with Gasteiger partial charge in [-0.3, -0.25) is 9.59 Å². The first-order valence-corrected chi connectivity index (χ1v) is 7.70. The van der Waals surface area contributed by atoms with E-state index in [4.69, 9.17) is 15.2 Å². The summed E-state index contributed by atoms with van der Waals surface area (Å²) in [5.74, 6) is -1.07. The molecule has 0 aliphatic rings. The molecule has 0 fully saturated rings. The van der Waals surface area contributed by atoms with Gasteiger partial charge in [0.25, 0.3) is 5.91 Å². The summed E-state index contributed by atoms with van der Waals surface area (Å²) in [6, 6.07) is 13.1. The maximum Gasteiger partial charge on any atom is 0.338 e. The highest BCUT2D eigenvalue weighted by Crippen LogP contribution is 2.15. The fourth-order valence-electron chi connectivity index (χ4n) is 2.08. The van der Waals surface area contributed by atoms with E-state index in [9.17, 15) is 14.4 Å². The van der Waals surface area contributed by atoms with Crippen LogP contribution in [-0.4, -0.2) is 30.4 Å². The zero-order chi connectivity index (χ0) is 18.4. The molecule has 0 aliphatic heterocycles. The van der Waals surface area contributed by atoms with Gasteiger partial charge in [-0.15, -0.1) is 0 Å². The van der Waals surface area contributed by atoms with E-state index in [1.807, 2.05) is 19.1 Å². The van der Waals surface area contributed by atoms with Crippen molar-refractivity contribution in [2.24, 2.45) is 5.73 Å². The Hall–Kier alpha value is -3.15. The standard InChI is InChI=1S/C19H19NO5/c1-12-3-5-14(6-4-12)18(22)13(2)25-19(23)15-7-9-16(10-8-15)24-11-17(20)21/h3-10,13H,11H2,1-2H3,(H2,20,21)/t13-/m0/s1. The molecule has 25 heavy (non-hydrogen) atoms. The summed E-state index contributed by atoms with van der Waals surface area (Å²) in [6.45, 7) is 3.21. The molecule has 0 aliphatic carbocycles. The number of esters is 1. The Labute approximate surface area is 145 Å². The van der Waals surface area contributed by atoms with Gasteiger partial charge in [0.1, 0.15) is 5.75 Å². The molecule has 6 nitrogen and oxygen atoms in total. The van der Waals surface area contributed by atoms with E-state index in [1.54, 1.807) is 12.1 Å². The average Bonchev–Trinajstić information content (AvgIpc) is 2.60. The van der Waals surface area contributed by atoms with Gasteiger partial charge in [0, 0.05) is 5.56 Å². The van der Waals surface area contributed by atoms with Gasteiger partial charge in [0.15, 0.2) is 12.7 Å². The summed E-state index contributed by atoms with van der Waals surface area (Å²) in [7, 11) is 0. The number of amides is 1. The first kappa shape index (κ1) is 18.2. The number of hydrogen-bond donors (Lipinski definition) is 1. The third kappa shape index (κ3) is 5.17. The van der Waals surface area contributed by atoms with Crippen molar-refractivity contribution in [1.29, 1.82) is 0 Å². The van der Waals surface area contributed by atoms with E-state index >= 15 is 0 Å². The molecular formula is C19H19NO5. The molecule has 0 spiro atoms. The van der Waals surface area contributed by atoms with E-state index in [-0.39, 0.29) is 18.0 Å². The van der Waals surface area contributed by atoms with Crippen molar-refractivity contribution in [3.8, 4) is 5.75 Å². The summed E-state index contributed by atoms with van der Waals surface area (Å²) in [5, 5.41) is 0. The number of carbonyl (C=O) groups is 3. The molecule has 0 radical (unpaired) electrons. The third-order valence-corrected chi connectivity index (χ3v) is 3.46. The molecular weight excluding hydrogens is 322 g/mol. The van der Waals surface area contributed by atoms with Crippen molar-refractivity contribution >= 4 is 17.7 Å². The molecule has 0 bridgehead atoms. The van der Waals surface area contributed by atoms with Gasteiger partial charge in [-0.05, 0) is 38.1 Å². The normalized spacial score (nSPS) is 11.4. The third-order valence-electron chi connectivity index (χ3n) is 3.46. The number of carbonyl (C=O) groups excluding carboxylic acids is 3. The van der Waals surface area contributed by atoms with Crippen LogP contribution >= 0.6 is 0 Å². The largest absolute Gasteiger partial charge is 0.484 e. The summed E-state index contributed by atoms with van der Waals surface area (Å²) < 4.78 is 10.3. The van der Waals surface area contributed by atoms with Crippen LogP contribution in [0.2, 0.25) is 0 Å². The number of aryl methyl sites for hydroxylation is 1. The molecule has 0 heterocycles. The van der Waals surface area contributed by atoms with Crippen molar-refractivity contribution < 1.29 is 23.9 Å². The van der Waals surface area contributed by atoms with Gasteiger partial charge in [-0.2, -0.15) is 0 Å². The Bertz CT molecular complexity index is 765. The molecule has 2 aromatic rings. The second kappa shape index (κ2) is 8.10. The van der Waals surface area contributed by atoms with Crippen molar-refractivity contribution in [3.63, 3.8) is 0 Å². The highest BCUT2D eigenvalue weighted by molar-refractivity contribution is 6.01. The second-order valence-corrected chi connectivity index (χ2v) is 5.56. The number of ether oxygens (including phenoxy) is 2. The van der Waals surface area contributed by atoms with Crippen LogP contribution in [0.1, 0.15) is 33.2 Å². The van der Waals surface area contributed by atoms with Gasteiger partial charge in [0.05, 0.1) is 5.56 Å². The maximum absolute atomic E-state index is 12.3. The quantitative estimate of drug-likeness (QED) is 0.616. The fraction of sp³-hybridized carbons (Fsp3) is 0.211. The zero-order valence-corrected chi connectivity index (χ0v) is 14.0. The van der Waals surface area contributed by atoms with Crippen LogP contribution in [0.5, 0.6) is 5.75 Å². The Balaban J connectivity index is 1.97. The first-order valence-electron chi connectivity index (χ1n) is 7.70. The monoisotopic (exact) mass is 341 g/mol. The SMILES string of the molecule is Cc1ccc(C(=O)[C@H](C)OC(=O)c2ccc(OCC(N)=O)cc2)cc1. The average molecular weight is 341 g/mol. The summed E-state index contributed by atoms with van der Waals surface area (Å²) >= 11 is 0. The lowest BCUT2D eigenvalue weighted by atomic mass is 10.1. The van der Waals surface area contributed by atoms with E-state index in [1.165, 1.54) is 31.2 Å². The fourth-order valence-corrected chi connectivity index (χ4v) is 2.08. The van der Waals surface area contributed by atoms with Crippen LogP contribution in [0.15, 0.2) is 48.5 Å². The Morgan fingerprint density at radius 2 is 1.52 bits per heavy atom. The molecule has 0 saturated heterocycles. The van der Waals surface area contributed by atoms with E-state index in [0.29, 0.717) is 11.3 Å². The van der Waals surface area contributed by atoms with Crippen LogP contribution in [-0.2, 0) is 9.53 Å². The summed E-state index contributed by atoms with van der Waals surface area (Å²) in [5.41, 5.74) is 6.79. The number of ketones is 1. The number of benzene rings is 2. The van der Waals surface area contributed by atoms with Gasteiger partial charge < -0.3 is 15.2 Å². The molecule has 2 N–H and O–H groups in total. The molecule has 2 rings (SSSR count). The Kier molecular flexibility index (Phi) is 5.89. The first-order chi connectivity index (χ1) is 11.9. The molecule has 0 saturated carbocycles. The molecule has 1 atom stereocenters. The Morgan fingerprint density at radius 3 is 2.08 bits per heavy atom. The van der Waals surface area contributed by atoms with Crippen molar-refractivity contribution in [2.75, 3.05) is 6.61 Å².